The van der Waals surface area contributed by atoms with Gasteiger partial charge in [-0.1, -0.05) is 12.1 Å². The van der Waals surface area contributed by atoms with Gasteiger partial charge in [-0.25, -0.2) is 0 Å². The molecule has 0 atom stereocenters. The molecule has 0 N–H and O–H groups in total. The summed E-state index contributed by atoms with van der Waals surface area (Å²) in [5, 5.41) is 12.6. The van der Waals surface area contributed by atoms with Crippen LogP contribution in [-0.2, 0) is 11.2 Å². The normalized spacial score (nSPS) is 14.0. The van der Waals surface area contributed by atoms with Gasteiger partial charge in [0.05, 0.1) is 36.3 Å². The Hall–Kier alpha value is -3.40. The molecule has 1 aromatic heterocycles. The molecule has 10 heteroatoms. The summed E-state index contributed by atoms with van der Waals surface area (Å²) in [6.07, 6.45) is -0.0731. The zero-order chi connectivity index (χ0) is 22.0. The van der Waals surface area contributed by atoms with Crippen molar-refractivity contribution in [3.63, 3.8) is 0 Å². The first kappa shape index (κ1) is 20.9. The van der Waals surface area contributed by atoms with Gasteiger partial charge in [0.1, 0.15) is 5.82 Å². The number of fused-ring (bicyclic) bond motifs is 1. The first-order valence-corrected chi connectivity index (χ1v) is 10.6. The monoisotopic (exact) mass is 442 g/mol. The molecule has 0 saturated carbocycles. The van der Waals surface area contributed by atoms with E-state index < -0.39 is 4.92 Å². The van der Waals surface area contributed by atoms with E-state index in [1.165, 1.54) is 37.9 Å². The van der Waals surface area contributed by atoms with Crippen LogP contribution in [0.1, 0.15) is 5.56 Å². The van der Waals surface area contributed by atoms with Crippen LogP contribution in [0.3, 0.4) is 0 Å². The van der Waals surface area contributed by atoms with Gasteiger partial charge in [-0.15, -0.1) is 0 Å². The predicted molar refractivity (Wildman–Crippen MR) is 118 cm³/mol. The zero-order valence-electron chi connectivity index (χ0n) is 17.2. The molecule has 1 fully saturated rings. The third-order valence-electron chi connectivity index (χ3n) is 5.41. The molecule has 1 aliphatic rings. The molecule has 1 aliphatic heterocycles. The molecule has 0 radical (unpaired) electrons. The lowest BCUT2D eigenvalue weighted by molar-refractivity contribution is -0.385. The van der Waals surface area contributed by atoms with Crippen molar-refractivity contribution in [3.8, 4) is 11.5 Å². The highest BCUT2D eigenvalue weighted by atomic mass is 32.1. The summed E-state index contributed by atoms with van der Waals surface area (Å²) in [7, 11) is 2.87. The van der Waals surface area contributed by atoms with Crippen LogP contribution in [0.15, 0.2) is 36.4 Å². The fraction of sp³-hybridized carbons (Fsp3) is 0.333. The molecule has 1 amide bonds. The van der Waals surface area contributed by atoms with Gasteiger partial charge >= 0.3 is 0 Å². The summed E-state index contributed by atoms with van der Waals surface area (Å²) >= 11 is 1.47. The SMILES string of the molecule is COc1cc(CC(=O)N2CCN(c3nsc4ccccc34)CC2)c([N+](=O)[O-])cc1OC. The third-order valence-corrected chi connectivity index (χ3v) is 6.23. The first-order chi connectivity index (χ1) is 15.0. The Morgan fingerprint density at radius 3 is 2.48 bits per heavy atom. The molecule has 4 rings (SSSR count). The van der Waals surface area contributed by atoms with Crippen molar-refractivity contribution in [1.82, 2.24) is 9.27 Å². The topological polar surface area (TPSA) is 98.0 Å². The third kappa shape index (κ3) is 4.11. The van der Waals surface area contributed by atoms with E-state index in [1.54, 1.807) is 4.90 Å². The molecule has 162 valence electrons. The Bertz CT molecular complexity index is 1120. The molecule has 2 heterocycles. The number of anilines is 1. The van der Waals surface area contributed by atoms with E-state index in [0.29, 0.717) is 37.5 Å². The molecule has 9 nitrogen and oxygen atoms in total. The number of nitro groups is 1. The molecule has 3 aromatic rings. The van der Waals surface area contributed by atoms with Gasteiger partial charge in [-0.2, -0.15) is 4.37 Å². The van der Waals surface area contributed by atoms with Crippen LogP contribution in [0.5, 0.6) is 11.5 Å². The van der Waals surface area contributed by atoms with E-state index in [2.05, 4.69) is 15.3 Å². The zero-order valence-corrected chi connectivity index (χ0v) is 18.1. The fourth-order valence-electron chi connectivity index (χ4n) is 3.76. The Morgan fingerprint density at radius 2 is 1.81 bits per heavy atom. The fourth-order valence-corrected chi connectivity index (χ4v) is 4.56. The van der Waals surface area contributed by atoms with Crippen LogP contribution in [0, 0.1) is 10.1 Å². The van der Waals surface area contributed by atoms with Gasteiger partial charge in [0.25, 0.3) is 5.69 Å². The average Bonchev–Trinajstić information content (AvgIpc) is 3.22. The lowest BCUT2D eigenvalue weighted by Gasteiger charge is -2.35. The van der Waals surface area contributed by atoms with Crippen molar-refractivity contribution in [1.29, 1.82) is 0 Å². The molecule has 0 spiro atoms. The van der Waals surface area contributed by atoms with E-state index in [9.17, 15) is 14.9 Å². The number of methoxy groups -OCH3 is 2. The standard InChI is InChI=1S/C21H22N4O5S/c1-29-17-11-14(16(25(27)28)13-18(17)30-2)12-20(26)23-7-9-24(10-8-23)21-15-5-3-4-6-19(15)31-22-21/h3-6,11,13H,7-10,12H2,1-2H3. The highest BCUT2D eigenvalue weighted by molar-refractivity contribution is 7.13. The maximum absolute atomic E-state index is 12.9. The largest absolute Gasteiger partial charge is 0.493 e. The minimum atomic E-state index is -0.504. The number of piperazine rings is 1. The average molecular weight is 442 g/mol. The number of amides is 1. The van der Waals surface area contributed by atoms with Crippen molar-refractivity contribution in [2.75, 3.05) is 45.3 Å². The molecular formula is C21H22N4O5S. The van der Waals surface area contributed by atoms with Gasteiger partial charge in [0.15, 0.2) is 11.5 Å². The van der Waals surface area contributed by atoms with Crippen LogP contribution in [-0.4, -0.2) is 60.5 Å². The van der Waals surface area contributed by atoms with Crippen molar-refractivity contribution in [2.24, 2.45) is 0 Å². The molecule has 0 unspecified atom stereocenters. The predicted octanol–water partition coefficient (Wildman–Crippen LogP) is 3.11. The quantitative estimate of drug-likeness (QED) is 0.427. The van der Waals surface area contributed by atoms with E-state index in [4.69, 9.17) is 9.47 Å². The molecule has 2 aromatic carbocycles. The number of hydrogen-bond donors (Lipinski definition) is 0. The number of carbonyl (C=O) groups is 1. The van der Waals surface area contributed by atoms with E-state index in [0.717, 1.165) is 15.9 Å². The van der Waals surface area contributed by atoms with Gasteiger partial charge < -0.3 is 19.3 Å². The number of rotatable bonds is 6. The number of ether oxygens (including phenoxy) is 2. The van der Waals surface area contributed by atoms with E-state index in [1.807, 2.05) is 18.2 Å². The minimum Gasteiger partial charge on any atom is -0.493 e. The lowest BCUT2D eigenvalue weighted by atomic mass is 10.1. The lowest BCUT2D eigenvalue weighted by Crippen LogP contribution is -2.49. The van der Waals surface area contributed by atoms with Crippen LogP contribution < -0.4 is 14.4 Å². The van der Waals surface area contributed by atoms with E-state index in [-0.39, 0.29) is 23.8 Å². The minimum absolute atomic E-state index is 0.0731. The number of benzene rings is 2. The van der Waals surface area contributed by atoms with Gasteiger partial charge in [-0.3, -0.25) is 14.9 Å². The van der Waals surface area contributed by atoms with Crippen LogP contribution in [0.2, 0.25) is 0 Å². The van der Waals surface area contributed by atoms with Crippen LogP contribution in [0.4, 0.5) is 11.5 Å². The van der Waals surface area contributed by atoms with E-state index >= 15 is 0 Å². The van der Waals surface area contributed by atoms with Crippen molar-refractivity contribution in [2.45, 2.75) is 6.42 Å². The first-order valence-electron chi connectivity index (χ1n) is 9.78. The maximum atomic E-state index is 12.9. The van der Waals surface area contributed by atoms with Gasteiger partial charge in [0, 0.05) is 37.1 Å². The van der Waals surface area contributed by atoms with Crippen molar-refractivity contribution in [3.05, 3.63) is 52.1 Å². The Labute approximate surface area is 183 Å². The Morgan fingerprint density at radius 1 is 1.13 bits per heavy atom. The van der Waals surface area contributed by atoms with Crippen LogP contribution >= 0.6 is 11.5 Å². The second kappa shape index (κ2) is 8.76. The summed E-state index contributed by atoms with van der Waals surface area (Å²) < 4.78 is 16.1. The van der Waals surface area contributed by atoms with Gasteiger partial charge in [-0.05, 0) is 29.7 Å². The van der Waals surface area contributed by atoms with Crippen molar-refractivity contribution >= 4 is 39.0 Å². The summed E-state index contributed by atoms with van der Waals surface area (Å²) in [4.78, 5) is 27.8. The van der Waals surface area contributed by atoms with Gasteiger partial charge in [0.2, 0.25) is 5.91 Å². The molecule has 0 bridgehead atoms. The number of aromatic nitrogens is 1. The Balaban J connectivity index is 1.46. The highest BCUT2D eigenvalue weighted by Crippen LogP contribution is 2.35. The summed E-state index contributed by atoms with van der Waals surface area (Å²) in [6.45, 7) is 2.39. The summed E-state index contributed by atoms with van der Waals surface area (Å²) in [5.41, 5.74) is 0.152. The highest BCUT2D eigenvalue weighted by Gasteiger charge is 2.27. The Kier molecular flexibility index (Phi) is 5.90. The number of hydrogen-bond acceptors (Lipinski definition) is 8. The molecule has 31 heavy (non-hydrogen) atoms. The summed E-state index contributed by atoms with van der Waals surface area (Å²) in [5.74, 6) is 1.41. The van der Waals surface area contributed by atoms with Crippen LogP contribution in [0.25, 0.3) is 10.1 Å². The van der Waals surface area contributed by atoms with Crippen molar-refractivity contribution < 1.29 is 19.2 Å². The second-order valence-electron chi connectivity index (χ2n) is 7.14. The number of nitro benzene ring substituents is 1. The second-order valence-corrected chi connectivity index (χ2v) is 7.94. The number of nitrogens with zero attached hydrogens (tertiary/aromatic N) is 4. The number of carbonyl (C=O) groups excluding carboxylic acids is 1. The molecule has 1 saturated heterocycles. The summed E-state index contributed by atoms with van der Waals surface area (Å²) in [6, 6.07) is 10.9. The smallest absolute Gasteiger partial charge is 0.277 e. The molecular weight excluding hydrogens is 420 g/mol. The molecule has 0 aliphatic carbocycles. The maximum Gasteiger partial charge on any atom is 0.277 e.